The van der Waals surface area contributed by atoms with E-state index >= 15 is 0 Å². The molecule has 0 aliphatic rings. The predicted octanol–water partition coefficient (Wildman–Crippen LogP) is 11.0. The number of pyridine rings is 1. The van der Waals surface area contributed by atoms with Crippen LogP contribution in [-0.4, -0.2) is 15.0 Å². The van der Waals surface area contributed by atoms with Crippen molar-refractivity contribution in [2.75, 3.05) is 0 Å². The van der Waals surface area contributed by atoms with Crippen LogP contribution in [0.5, 0.6) is 0 Å². The zero-order valence-electron chi connectivity index (χ0n) is 25.1. The molecule has 0 unspecified atom stereocenters. The normalized spacial score (nSPS) is 11.0. The fraction of sp³-hybridized carbons (Fsp3) is 0. The van der Waals surface area contributed by atoms with Gasteiger partial charge in [-0.1, -0.05) is 146 Å². The number of aromatic nitrogens is 3. The fourth-order valence-electron chi connectivity index (χ4n) is 6.00. The number of nitrogens with zero attached hydrogens (tertiary/aromatic N) is 3. The molecule has 0 radical (unpaired) electrons. The molecule has 216 valence electrons. The van der Waals surface area contributed by atoms with Crippen molar-refractivity contribution in [2.45, 2.75) is 0 Å². The van der Waals surface area contributed by atoms with E-state index in [2.05, 4.69) is 157 Å². The summed E-state index contributed by atoms with van der Waals surface area (Å²) >= 11 is 0. The van der Waals surface area contributed by atoms with Gasteiger partial charge in [-0.2, -0.15) is 0 Å². The molecule has 0 amide bonds. The van der Waals surface area contributed by atoms with Crippen LogP contribution in [-0.2, 0) is 0 Å². The lowest BCUT2D eigenvalue weighted by molar-refractivity contribution is 1.18. The summed E-state index contributed by atoms with van der Waals surface area (Å²) in [6, 6.07) is 57.2. The minimum atomic E-state index is 0.693. The van der Waals surface area contributed by atoms with E-state index in [1.807, 2.05) is 18.3 Å². The molecular formula is C43H29N3. The van der Waals surface area contributed by atoms with Crippen molar-refractivity contribution in [2.24, 2.45) is 0 Å². The number of rotatable bonds is 6. The number of hydrogen-bond acceptors (Lipinski definition) is 3. The Kier molecular flexibility index (Phi) is 7.18. The molecule has 0 fully saturated rings. The van der Waals surface area contributed by atoms with Gasteiger partial charge in [-0.15, -0.1) is 0 Å². The van der Waals surface area contributed by atoms with Crippen LogP contribution in [0.25, 0.3) is 78.1 Å². The molecular weight excluding hydrogens is 558 g/mol. The van der Waals surface area contributed by atoms with E-state index in [0.29, 0.717) is 5.82 Å². The molecule has 6 aromatic carbocycles. The maximum absolute atomic E-state index is 5.13. The van der Waals surface area contributed by atoms with Gasteiger partial charge in [0.05, 0.1) is 11.4 Å². The van der Waals surface area contributed by atoms with Gasteiger partial charge in [0, 0.05) is 29.1 Å². The molecule has 0 saturated carbocycles. The van der Waals surface area contributed by atoms with Gasteiger partial charge in [0.25, 0.3) is 0 Å². The third kappa shape index (κ3) is 5.47. The zero-order valence-corrected chi connectivity index (χ0v) is 25.1. The lowest BCUT2D eigenvalue weighted by Crippen LogP contribution is -1.96. The van der Waals surface area contributed by atoms with Crippen molar-refractivity contribution in [3.63, 3.8) is 0 Å². The third-order valence-electron chi connectivity index (χ3n) is 8.41. The van der Waals surface area contributed by atoms with Crippen LogP contribution in [0.15, 0.2) is 176 Å². The molecule has 2 heterocycles. The molecule has 0 atom stereocenters. The van der Waals surface area contributed by atoms with E-state index in [9.17, 15) is 0 Å². The number of fused-ring (bicyclic) bond motifs is 1. The first kappa shape index (κ1) is 27.4. The second-order valence-electron chi connectivity index (χ2n) is 11.3. The standard InChI is InChI=1S/C43H29N3/c1-2-9-30(10-3-1)36-13-6-14-37(27-36)42-28-41(34-22-18-31(19-23-34)38-15-8-26-44-29-38)45-43(46-42)35-24-20-33(21-25-35)40-17-7-12-32-11-4-5-16-39(32)40/h1-29H. The Labute approximate surface area is 268 Å². The van der Waals surface area contributed by atoms with Gasteiger partial charge in [0.15, 0.2) is 5.82 Å². The Balaban J connectivity index is 1.22. The van der Waals surface area contributed by atoms with Gasteiger partial charge >= 0.3 is 0 Å². The van der Waals surface area contributed by atoms with Crippen LogP contribution in [0.3, 0.4) is 0 Å². The summed E-state index contributed by atoms with van der Waals surface area (Å²) in [7, 11) is 0. The third-order valence-corrected chi connectivity index (χ3v) is 8.41. The van der Waals surface area contributed by atoms with Gasteiger partial charge < -0.3 is 0 Å². The Morgan fingerprint density at radius 3 is 1.74 bits per heavy atom. The van der Waals surface area contributed by atoms with Gasteiger partial charge in [-0.25, -0.2) is 9.97 Å². The SMILES string of the molecule is c1ccc(-c2cccc(-c3cc(-c4ccc(-c5cccnc5)cc4)nc(-c4ccc(-c5cccc6ccccc56)cc4)n3)c2)cc1. The zero-order chi connectivity index (χ0) is 30.7. The van der Waals surface area contributed by atoms with E-state index in [1.54, 1.807) is 6.20 Å². The highest BCUT2D eigenvalue weighted by Crippen LogP contribution is 2.33. The fourth-order valence-corrected chi connectivity index (χ4v) is 6.00. The topological polar surface area (TPSA) is 38.7 Å². The average Bonchev–Trinajstić information content (AvgIpc) is 3.15. The first-order valence-corrected chi connectivity index (χ1v) is 15.4. The molecule has 0 bridgehead atoms. The van der Waals surface area contributed by atoms with E-state index in [4.69, 9.17) is 9.97 Å². The highest BCUT2D eigenvalue weighted by molar-refractivity contribution is 5.96. The quantitative estimate of drug-likeness (QED) is 0.194. The minimum absolute atomic E-state index is 0.693. The summed E-state index contributed by atoms with van der Waals surface area (Å²) in [6.07, 6.45) is 3.68. The van der Waals surface area contributed by atoms with Crippen LogP contribution in [0.1, 0.15) is 0 Å². The Morgan fingerprint density at radius 1 is 0.348 bits per heavy atom. The van der Waals surface area contributed by atoms with Crippen LogP contribution in [0, 0.1) is 0 Å². The van der Waals surface area contributed by atoms with Crippen LogP contribution in [0.2, 0.25) is 0 Å². The van der Waals surface area contributed by atoms with Crippen LogP contribution >= 0.6 is 0 Å². The van der Waals surface area contributed by atoms with Crippen molar-refractivity contribution < 1.29 is 0 Å². The maximum atomic E-state index is 5.13. The van der Waals surface area contributed by atoms with Crippen molar-refractivity contribution >= 4 is 10.8 Å². The van der Waals surface area contributed by atoms with E-state index < -0.39 is 0 Å². The smallest absolute Gasteiger partial charge is 0.160 e. The number of benzene rings is 6. The molecule has 8 rings (SSSR count). The summed E-state index contributed by atoms with van der Waals surface area (Å²) in [4.78, 5) is 14.5. The molecule has 0 spiro atoms. The summed E-state index contributed by atoms with van der Waals surface area (Å²) < 4.78 is 0. The van der Waals surface area contributed by atoms with E-state index in [0.717, 1.165) is 44.8 Å². The van der Waals surface area contributed by atoms with Crippen molar-refractivity contribution in [1.82, 2.24) is 15.0 Å². The Morgan fingerprint density at radius 2 is 0.935 bits per heavy atom. The lowest BCUT2D eigenvalue weighted by atomic mass is 9.97. The second kappa shape index (κ2) is 12.1. The van der Waals surface area contributed by atoms with Crippen molar-refractivity contribution in [3.8, 4) is 67.3 Å². The van der Waals surface area contributed by atoms with E-state index in [-0.39, 0.29) is 0 Å². The predicted molar refractivity (Wildman–Crippen MR) is 190 cm³/mol. The molecule has 2 aromatic heterocycles. The highest BCUT2D eigenvalue weighted by Gasteiger charge is 2.13. The summed E-state index contributed by atoms with van der Waals surface area (Å²) in [6.45, 7) is 0. The van der Waals surface area contributed by atoms with Gasteiger partial charge in [0.2, 0.25) is 0 Å². The lowest BCUT2D eigenvalue weighted by Gasteiger charge is -2.12. The minimum Gasteiger partial charge on any atom is -0.264 e. The van der Waals surface area contributed by atoms with E-state index in [1.165, 1.54) is 27.5 Å². The summed E-state index contributed by atoms with van der Waals surface area (Å²) in [5.41, 5.74) is 11.7. The Hall–Kier alpha value is -6.19. The van der Waals surface area contributed by atoms with Gasteiger partial charge in [0.1, 0.15) is 0 Å². The molecule has 8 aromatic rings. The average molecular weight is 588 g/mol. The number of hydrogen-bond donors (Lipinski definition) is 0. The largest absolute Gasteiger partial charge is 0.264 e. The molecule has 3 heteroatoms. The maximum Gasteiger partial charge on any atom is 0.160 e. The Bertz CT molecular complexity index is 2270. The van der Waals surface area contributed by atoms with Crippen LogP contribution < -0.4 is 0 Å². The molecule has 0 N–H and O–H groups in total. The molecule has 0 saturated heterocycles. The molecule has 46 heavy (non-hydrogen) atoms. The molecule has 3 nitrogen and oxygen atoms in total. The first-order valence-electron chi connectivity index (χ1n) is 15.4. The van der Waals surface area contributed by atoms with Crippen LogP contribution in [0.4, 0.5) is 0 Å². The van der Waals surface area contributed by atoms with Crippen molar-refractivity contribution in [1.29, 1.82) is 0 Å². The monoisotopic (exact) mass is 587 g/mol. The summed E-state index contributed by atoms with van der Waals surface area (Å²) in [5.74, 6) is 0.693. The first-order chi connectivity index (χ1) is 22.8. The molecule has 0 aliphatic carbocycles. The molecule has 0 aliphatic heterocycles. The second-order valence-corrected chi connectivity index (χ2v) is 11.3. The summed E-state index contributed by atoms with van der Waals surface area (Å²) in [5, 5.41) is 2.48. The van der Waals surface area contributed by atoms with Gasteiger partial charge in [-0.3, -0.25) is 4.98 Å². The van der Waals surface area contributed by atoms with Crippen molar-refractivity contribution in [3.05, 3.63) is 176 Å². The van der Waals surface area contributed by atoms with Gasteiger partial charge in [-0.05, 0) is 62.4 Å². The highest BCUT2D eigenvalue weighted by atomic mass is 14.9.